The second kappa shape index (κ2) is 14.5. The maximum atomic E-state index is 11.5. The van der Waals surface area contributed by atoms with Gasteiger partial charge in [0.05, 0.1) is 54.2 Å². The van der Waals surface area contributed by atoms with E-state index in [-0.39, 0.29) is 24.1 Å². The Bertz CT molecular complexity index is 1770. The maximum absolute atomic E-state index is 11.5. The number of aromatic nitrogens is 4. The molecule has 2 saturated heterocycles. The minimum atomic E-state index is -0.352. The molecule has 3 N–H and O–H groups in total. The highest BCUT2D eigenvalue weighted by Gasteiger charge is 2.30. The molecule has 2 aliphatic heterocycles. The van der Waals surface area contributed by atoms with Gasteiger partial charge >= 0.3 is 0 Å². The summed E-state index contributed by atoms with van der Waals surface area (Å²) in [6.45, 7) is 4.39. The van der Waals surface area contributed by atoms with Crippen molar-refractivity contribution < 1.29 is 19.4 Å². The number of aliphatic hydroxyl groups excluding tert-OH is 1. The van der Waals surface area contributed by atoms with Gasteiger partial charge in [0.15, 0.2) is 0 Å². The SMILES string of the molecule is COc1nc(-c2cccc(-c3cccc(-c4cnc(CN5CCC(O)C5C)c(OC)n4)c3Cl)c2Cl)cnc1CNC[C@@H]1CCC(=O)N1. The van der Waals surface area contributed by atoms with Gasteiger partial charge in [-0.15, -0.1) is 0 Å². The van der Waals surface area contributed by atoms with Crippen LogP contribution in [-0.4, -0.2) is 81.3 Å². The number of amides is 1. The number of aliphatic hydroxyl groups is 1. The summed E-state index contributed by atoms with van der Waals surface area (Å²) in [7, 11) is 3.13. The molecule has 4 aromatic rings. The van der Waals surface area contributed by atoms with Crippen molar-refractivity contribution in [1.82, 2.24) is 35.5 Å². The number of carbonyl (C=O) groups excluding carboxylic acids is 1. The van der Waals surface area contributed by atoms with Crippen molar-refractivity contribution >= 4 is 29.1 Å². The summed E-state index contributed by atoms with van der Waals surface area (Å²) < 4.78 is 11.2. The molecule has 4 heterocycles. The summed E-state index contributed by atoms with van der Waals surface area (Å²) in [5.41, 5.74) is 5.27. The Kier molecular flexibility index (Phi) is 10.2. The van der Waals surface area contributed by atoms with Crippen LogP contribution in [0.25, 0.3) is 33.6 Å². The quantitative estimate of drug-likeness (QED) is 0.201. The zero-order chi connectivity index (χ0) is 33.1. The van der Waals surface area contributed by atoms with Crippen LogP contribution in [-0.2, 0) is 17.9 Å². The Morgan fingerprint density at radius 1 is 0.915 bits per heavy atom. The number of hydrogen-bond donors (Lipinski definition) is 3. The monoisotopic (exact) mass is 677 g/mol. The van der Waals surface area contributed by atoms with Gasteiger partial charge in [-0.2, -0.15) is 0 Å². The maximum Gasteiger partial charge on any atom is 0.237 e. The molecule has 0 radical (unpaired) electrons. The van der Waals surface area contributed by atoms with Gasteiger partial charge < -0.3 is 25.2 Å². The van der Waals surface area contributed by atoms with Crippen LogP contribution in [0.2, 0.25) is 10.0 Å². The summed E-state index contributed by atoms with van der Waals surface area (Å²) in [4.78, 5) is 32.4. The number of ether oxygens (including phenoxy) is 2. The highest BCUT2D eigenvalue weighted by atomic mass is 35.5. The molecule has 11 nitrogen and oxygen atoms in total. The summed E-state index contributed by atoms with van der Waals surface area (Å²) in [5, 5.41) is 17.4. The van der Waals surface area contributed by atoms with E-state index in [1.54, 1.807) is 26.6 Å². The zero-order valence-electron chi connectivity index (χ0n) is 26.5. The van der Waals surface area contributed by atoms with Crippen LogP contribution in [0, 0.1) is 0 Å². The van der Waals surface area contributed by atoms with E-state index in [9.17, 15) is 9.90 Å². The van der Waals surface area contributed by atoms with E-state index in [4.69, 9.17) is 42.6 Å². The van der Waals surface area contributed by atoms with E-state index in [0.29, 0.717) is 81.8 Å². The lowest BCUT2D eigenvalue weighted by atomic mass is 9.98. The molecular weight excluding hydrogens is 641 g/mol. The molecule has 13 heteroatoms. The largest absolute Gasteiger partial charge is 0.480 e. The molecule has 47 heavy (non-hydrogen) atoms. The molecule has 3 atom stereocenters. The average Bonchev–Trinajstić information content (AvgIpc) is 3.65. The molecular formula is C34H37Cl2N7O4. The Morgan fingerprint density at radius 3 is 2.02 bits per heavy atom. The lowest BCUT2D eigenvalue weighted by Gasteiger charge is -2.22. The second-order valence-corrected chi connectivity index (χ2v) is 12.5. The Labute approximate surface area is 283 Å². The minimum Gasteiger partial charge on any atom is -0.480 e. The molecule has 1 amide bonds. The first-order chi connectivity index (χ1) is 22.8. The van der Waals surface area contributed by atoms with E-state index >= 15 is 0 Å². The molecule has 2 aromatic carbocycles. The van der Waals surface area contributed by atoms with E-state index in [1.165, 1.54) is 0 Å². The number of likely N-dealkylation sites (tertiary alicyclic amines) is 1. The highest BCUT2D eigenvalue weighted by molar-refractivity contribution is 6.39. The number of benzene rings is 2. The Hall–Kier alpha value is -3.87. The summed E-state index contributed by atoms with van der Waals surface area (Å²) in [6.07, 6.45) is 5.12. The number of nitrogens with one attached hydrogen (secondary N) is 2. The molecule has 2 aliphatic rings. The molecule has 0 saturated carbocycles. The van der Waals surface area contributed by atoms with Gasteiger partial charge in [-0.25, -0.2) is 9.97 Å². The molecule has 0 bridgehead atoms. The molecule has 2 unspecified atom stereocenters. The topological polar surface area (TPSA) is 135 Å². The fraction of sp³-hybridized carbons (Fsp3) is 0.382. The number of halogens is 2. The molecule has 0 aliphatic carbocycles. The first kappa shape index (κ1) is 33.0. The third kappa shape index (κ3) is 7.05. The Morgan fingerprint density at radius 2 is 1.49 bits per heavy atom. The third-order valence-electron chi connectivity index (χ3n) is 8.82. The van der Waals surface area contributed by atoms with Crippen LogP contribution in [0.15, 0.2) is 48.8 Å². The van der Waals surface area contributed by atoms with Gasteiger partial charge in [0.1, 0.15) is 11.4 Å². The summed E-state index contributed by atoms with van der Waals surface area (Å²) >= 11 is 14.1. The molecule has 2 fully saturated rings. The molecule has 6 rings (SSSR count). The summed E-state index contributed by atoms with van der Waals surface area (Å²) in [5.74, 6) is 0.881. The first-order valence-corrected chi connectivity index (χ1v) is 16.3. The van der Waals surface area contributed by atoms with Crippen molar-refractivity contribution in [2.24, 2.45) is 0 Å². The third-order valence-corrected chi connectivity index (χ3v) is 9.63. The van der Waals surface area contributed by atoms with Crippen LogP contribution in [0.5, 0.6) is 11.8 Å². The standard InChI is InChI=1S/C34H37Cl2N7O4/c1-19-29(44)12-13-43(19)18-28-34(47-3)42-26(17-39-28)24-9-5-7-22(32(24)36)21-6-4-8-23(31(21)35)25-16-38-27(33(41-25)46-2)15-37-14-20-10-11-30(45)40-20/h4-9,16-17,19-20,29,37,44H,10-15,18H2,1-3H3,(H,40,45)/t19?,20-,29?/m0/s1. The van der Waals surface area contributed by atoms with E-state index in [2.05, 4.69) is 25.5 Å². The van der Waals surface area contributed by atoms with Crippen molar-refractivity contribution in [2.45, 2.75) is 57.5 Å². The predicted octanol–water partition coefficient (Wildman–Crippen LogP) is 4.91. The lowest BCUT2D eigenvalue weighted by Crippen LogP contribution is -2.35. The van der Waals surface area contributed by atoms with Gasteiger partial charge in [-0.05, 0) is 19.8 Å². The van der Waals surface area contributed by atoms with Crippen molar-refractivity contribution in [3.8, 4) is 45.4 Å². The van der Waals surface area contributed by atoms with Gasteiger partial charge in [0.25, 0.3) is 0 Å². The van der Waals surface area contributed by atoms with Crippen molar-refractivity contribution in [3.63, 3.8) is 0 Å². The van der Waals surface area contributed by atoms with Crippen molar-refractivity contribution in [3.05, 3.63) is 70.2 Å². The van der Waals surface area contributed by atoms with Crippen LogP contribution in [0.3, 0.4) is 0 Å². The zero-order valence-corrected chi connectivity index (χ0v) is 28.0. The minimum absolute atomic E-state index is 0.0351. The summed E-state index contributed by atoms with van der Waals surface area (Å²) in [6, 6.07) is 11.5. The van der Waals surface area contributed by atoms with Crippen LogP contribution < -0.4 is 20.1 Å². The van der Waals surface area contributed by atoms with Crippen LogP contribution in [0.4, 0.5) is 0 Å². The van der Waals surface area contributed by atoms with E-state index < -0.39 is 0 Å². The van der Waals surface area contributed by atoms with Crippen molar-refractivity contribution in [2.75, 3.05) is 27.3 Å². The highest BCUT2D eigenvalue weighted by Crippen LogP contribution is 2.42. The molecule has 2 aromatic heterocycles. The Balaban J connectivity index is 1.24. The number of carbonyl (C=O) groups is 1. The lowest BCUT2D eigenvalue weighted by molar-refractivity contribution is -0.119. The number of rotatable bonds is 11. The van der Waals surface area contributed by atoms with Gasteiger partial charge in [-0.1, -0.05) is 59.6 Å². The molecule has 246 valence electrons. The number of hydrogen-bond acceptors (Lipinski definition) is 10. The molecule has 0 spiro atoms. The van der Waals surface area contributed by atoms with E-state index in [1.807, 2.05) is 43.3 Å². The second-order valence-electron chi connectivity index (χ2n) is 11.8. The fourth-order valence-electron chi connectivity index (χ4n) is 6.08. The van der Waals surface area contributed by atoms with Crippen molar-refractivity contribution in [1.29, 1.82) is 0 Å². The normalized spacial score (nSPS) is 19.6. The van der Waals surface area contributed by atoms with Gasteiger partial charge in [0, 0.05) is 66.9 Å². The number of methoxy groups -OCH3 is 2. The predicted molar refractivity (Wildman–Crippen MR) is 180 cm³/mol. The van der Waals surface area contributed by atoms with Crippen LogP contribution >= 0.6 is 23.2 Å². The number of nitrogens with zero attached hydrogens (tertiary/aromatic N) is 5. The van der Waals surface area contributed by atoms with Gasteiger partial charge in [-0.3, -0.25) is 19.7 Å². The van der Waals surface area contributed by atoms with Crippen LogP contribution in [0.1, 0.15) is 37.6 Å². The smallest absolute Gasteiger partial charge is 0.237 e. The first-order valence-electron chi connectivity index (χ1n) is 15.6. The average molecular weight is 679 g/mol. The van der Waals surface area contributed by atoms with Gasteiger partial charge in [0.2, 0.25) is 17.7 Å². The fourth-order valence-corrected chi connectivity index (χ4v) is 6.73. The van der Waals surface area contributed by atoms with E-state index in [0.717, 1.165) is 30.5 Å².